The Bertz CT molecular complexity index is 2640. The summed E-state index contributed by atoms with van der Waals surface area (Å²) in [6.07, 6.45) is 0. The molecule has 9 rings (SSSR count). The minimum Gasteiger partial charge on any atom is -0.455 e. The molecule has 0 radical (unpaired) electrons. The predicted octanol–water partition coefficient (Wildman–Crippen LogP) is 14.8. The Labute approximate surface area is 306 Å². The van der Waals surface area contributed by atoms with E-state index in [1.54, 1.807) is 11.3 Å². The summed E-state index contributed by atoms with van der Waals surface area (Å²) < 4.78 is 7.71. The molecule has 0 atom stereocenters. The van der Waals surface area contributed by atoms with Crippen LogP contribution in [-0.4, -0.2) is 0 Å². The van der Waals surface area contributed by atoms with Crippen molar-refractivity contribution < 1.29 is 4.42 Å². The third-order valence-electron chi connectivity index (χ3n) is 10.5. The van der Waals surface area contributed by atoms with Crippen molar-refractivity contribution in [3.63, 3.8) is 0 Å². The van der Waals surface area contributed by atoms with Gasteiger partial charge in [0, 0.05) is 42.9 Å². The molecule has 2 aromatic heterocycles. The molecule has 0 aliphatic heterocycles. The number of thiophene rings is 1. The van der Waals surface area contributed by atoms with Crippen LogP contribution in [0.2, 0.25) is 10.0 Å². The summed E-state index contributed by atoms with van der Waals surface area (Å²) >= 11 is 16.1. The van der Waals surface area contributed by atoms with E-state index in [0.29, 0.717) is 10.0 Å². The molecule has 0 saturated carbocycles. The first-order chi connectivity index (χ1) is 24.0. The summed E-state index contributed by atoms with van der Waals surface area (Å²) in [7, 11) is 0. The summed E-state index contributed by atoms with van der Waals surface area (Å²) in [5, 5.41) is 6.58. The van der Waals surface area contributed by atoms with E-state index in [2.05, 4.69) is 136 Å². The molecule has 0 fully saturated rings. The normalized spacial score (nSPS) is 13.7. The average molecular weight is 709 g/mol. The molecule has 6 aromatic carbocycles. The maximum atomic E-state index is 7.26. The number of hydrogen-bond donors (Lipinski definition) is 0. The van der Waals surface area contributed by atoms with Crippen LogP contribution in [-0.2, 0) is 10.8 Å². The van der Waals surface area contributed by atoms with Crippen molar-refractivity contribution in [3.05, 3.63) is 147 Å². The van der Waals surface area contributed by atoms with E-state index in [0.717, 1.165) is 50.1 Å². The maximum Gasteiger partial charge on any atom is 0.143 e. The highest BCUT2D eigenvalue weighted by Gasteiger charge is 2.36. The van der Waals surface area contributed by atoms with E-state index < -0.39 is 0 Å². The van der Waals surface area contributed by atoms with Crippen molar-refractivity contribution in [3.8, 4) is 22.3 Å². The van der Waals surface area contributed by atoms with Gasteiger partial charge in [-0.3, -0.25) is 0 Å². The standard InChI is InChI=1S/C45H35Cl2NOS/c1-44(2,3)27-17-19-28(20-18-27)48(39-25-50-41-24-36-33(23-34(39)41)30-11-6-8-15-35(30)45(36,4)5)38-22-26(21-37(46)42(38)47)29-13-10-14-32-31-12-7-9-16-40(31)49-43(29)32/h6-25H,1-5H3. The molecule has 0 saturated heterocycles. The molecule has 0 amide bonds. The van der Waals surface area contributed by atoms with Crippen LogP contribution in [0, 0.1) is 0 Å². The fraction of sp³-hybridized carbons (Fsp3) is 0.156. The van der Waals surface area contributed by atoms with E-state index >= 15 is 0 Å². The topological polar surface area (TPSA) is 16.4 Å². The molecular formula is C45H35Cl2NOS. The summed E-state index contributed by atoms with van der Waals surface area (Å²) in [6, 6.07) is 41.0. The molecule has 5 heteroatoms. The van der Waals surface area contributed by atoms with Gasteiger partial charge in [-0.1, -0.05) is 131 Å². The first kappa shape index (κ1) is 31.4. The minimum absolute atomic E-state index is 0.0192. The van der Waals surface area contributed by atoms with Gasteiger partial charge in [0.25, 0.3) is 0 Å². The third-order valence-corrected chi connectivity index (χ3v) is 12.2. The van der Waals surface area contributed by atoms with Crippen molar-refractivity contribution in [2.75, 3.05) is 4.90 Å². The van der Waals surface area contributed by atoms with Crippen LogP contribution >= 0.6 is 34.5 Å². The zero-order valence-corrected chi connectivity index (χ0v) is 30.9. The second kappa shape index (κ2) is 11.2. The number of rotatable bonds is 4. The number of fused-ring (bicyclic) bond motifs is 7. The van der Waals surface area contributed by atoms with E-state index in [1.165, 1.54) is 37.9 Å². The summed E-state index contributed by atoms with van der Waals surface area (Å²) in [5.41, 5.74) is 13.0. The van der Waals surface area contributed by atoms with Crippen LogP contribution in [0.5, 0.6) is 0 Å². The molecule has 1 aliphatic carbocycles. The SMILES string of the molecule is CC(C)(C)c1ccc(N(c2cc(-c3cccc4c3oc3ccccc34)cc(Cl)c2Cl)c2csc3cc4c(cc23)-c2ccccc2C4(C)C)cc1. The molecule has 8 aromatic rings. The molecule has 0 bridgehead atoms. The number of benzene rings is 6. The van der Waals surface area contributed by atoms with Crippen molar-refractivity contribution >= 4 is 83.6 Å². The van der Waals surface area contributed by atoms with Crippen molar-refractivity contribution in [1.29, 1.82) is 0 Å². The van der Waals surface area contributed by atoms with E-state index in [-0.39, 0.29) is 10.8 Å². The molecule has 50 heavy (non-hydrogen) atoms. The molecule has 246 valence electrons. The predicted molar refractivity (Wildman–Crippen MR) is 216 cm³/mol. The lowest BCUT2D eigenvalue weighted by atomic mass is 9.82. The number of hydrogen-bond acceptors (Lipinski definition) is 3. The molecule has 0 unspecified atom stereocenters. The van der Waals surface area contributed by atoms with Gasteiger partial charge in [0.05, 0.1) is 21.4 Å². The van der Waals surface area contributed by atoms with Gasteiger partial charge in [0.15, 0.2) is 0 Å². The largest absolute Gasteiger partial charge is 0.455 e. The lowest BCUT2D eigenvalue weighted by Crippen LogP contribution is -2.15. The fourth-order valence-electron chi connectivity index (χ4n) is 7.77. The highest BCUT2D eigenvalue weighted by molar-refractivity contribution is 7.17. The smallest absolute Gasteiger partial charge is 0.143 e. The highest BCUT2D eigenvalue weighted by atomic mass is 35.5. The minimum atomic E-state index is -0.0738. The van der Waals surface area contributed by atoms with Gasteiger partial charge in [-0.2, -0.15) is 0 Å². The molecule has 2 nitrogen and oxygen atoms in total. The molecule has 2 heterocycles. The fourth-order valence-corrected chi connectivity index (χ4v) is 9.12. The van der Waals surface area contributed by atoms with Crippen LogP contribution in [0.15, 0.2) is 125 Å². The van der Waals surface area contributed by atoms with E-state index in [4.69, 9.17) is 27.6 Å². The van der Waals surface area contributed by atoms with Gasteiger partial charge < -0.3 is 9.32 Å². The van der Waals surface area contributed by atoms with Crippen molar-refractivity contribution in [1.82, 2.24) is 0 Å². The Balaban J connectivity index is 1.29. The number of furan rings is 1. The van der Waals surface area contributed by atoms with Crippen molar-refractivity contribution in [2.24, 2.45) is 0 Å². The summed E-state index contributed by atoms with van der Waals surface area (Å²) in [6.45, 7) is 11.4. The van der Waals surface area contributed by atoms with E-state index in [9.17, 15) is 0 Å². The second-order valence-electron chi connectivity index (χ2n) is 14.9. The zero-order chi connectivity index (χ0) is 34.5. The zero-order valence-electron chi connectivity index (χ0n) is 28.6. The van der Waals surface area contributed by atoms with Gasteiger partial charge in [0.1, 0.15) is 11.2 Å². The lowest BCUT2D eigenvalue weighted by molar-refractivity contribution is 0.590. The Hall–Kier alpha value is -4.54. The van der Waals surface area contributed by atoms with Gasteiger partial charge in [0.2, 0.25) is 0 Å². The Morgan fingerprint density at radius 2 is 1.38 bits per heavy atom. The molecule has 0 spiro atoms. The van der Waals surface area contributed by atoms with Crippen LogP contribution in [0.3, 0.4) is 0 Å². The van der Waals surface area contributed by atoms with Crippen LogP contribution < -0.4 is 4.90 Å². The van der Waals surface area contributed by atoms with E-state index in [1.807, 2.05) is 24.3 Å². The van der Waals surface area contributed by atoms with Gasteiger partial charge >= 0.3 is 0 Å². The van der Waals surface area contributed by atoms with Crippen LogP contribution in [0.25, 0.3) is 54.3 Å². The lowest BCUT2D eigenvalue weighted by Gasteiger charge is -2.28. The molecule has 0 N–H and O–H groups in total. The van der Waals surface area contributed by atoms with Gasteiger partial charge in [-0.25, -0.2) is 0 Å². The quantitative estimate of drug-likeness (QED) is 0.181. The Kier molecular flexibility index (Phi) is 7.06. The first-order valence-electron chi connectivity index (χ1n) is 17.0. The Morgan fingerprint density at radius 3 is 2.18 bits per heavy atom. The number of nitrogens with zero attached hydrogens (tertiary/aromatic N) is 1. The Morgan fingerprint density at radius 1 is 0.660 bits per heavy atom. The van der Waals surface area contributed by atoms with Gasteiger partial charge in [-0.15, -0.1) is 11.3 Å². The summed E-state index contributed by atoms with van der Waals surface area (Å²) in [5.74, 6) is 0. The third kappa shape index (κ3) is 4.75. The first-order valence-corrected chi connectivity index (χ1v) is 18.6. The number of para-hydroxylation sites is 2. The maximum absolute atomic E-state index is 7.26. The van der Waals surface area contributed by atoms with Crippen molar-refractivity contribution in [2.45, 2.75) is 45.4 Å². The number of halogens is 2. The monoisotopic (exact) mass is 707 g/mol. The molecular weight excluding hydrogens is 673 g/mol. The average Bonchev–Trinajstić information content (AvgIpc) is 3.76. The van der Waals surface area contributed by atoms with Crippen LogP contribution in [0.4, 0.5) is 17.1 Å². The van der Waals surface area contributed by atoms with Crippen LogP contribution in [0.1, 0.15) is 51.3 Å². The highest BCUT2D eigenvalue weighted by Crippen LogP contribution is 2.54. The summed E-state index contributed by atoms with van der Waals surface area (Å²) in [4.78, 5) is 2.28. The van der Waals surface area contributed by atoms with Gasteiger partial charge in [-0.05, 0) is 81.3 Å². The molecule has 1 aliphatic rings. The number of anilines is 3. The second-order valence-corrected chi connectivity index (χ2v) is 16.6.